The van der Waals surface area contributed by atoms with Crippen molar-refractivity contribution < 1.29 is 0 Å². The molecule has 2 aromatic rings. The van der Waals surface area contributed by atoms with E-state index >= 15 is 0 Å². The molecule has 130 valence electrons. The lowest BCUT2D eigenvalue weighted by molar-refractivity contribution is 0.375. The van der Waals surface area contributed by atoms with Crippen molar-refractivity contribution in [3.8, 4) is 0 Å². The van der Waals surface area contributed by atoms with E-state index in [1.807, 2.05) is 19.3 Å². The molecule has 1 aliphatic heterocycles. The van der Waals surface area contributed by atoms with Crippen LogP contribution in [0.4, 0.5) is 0 Å². The smallest absolute Gasteiger partial charge is 0.193 e. The summed E-state index contributed by atoms with van der Waals surface area (Å²) in [7, 11) is 1.85. The second-order valence-corrected chi connectivity index (χ2v) is 6.37. The van der Waals surface area contributed by atoms with Gasteiger partial charge in [0.15, 0.2) is 5.96 Å². The largest absolute Gasteiger partial charge is 0.351 e. The Morgan fingerprint density at radius 2 is 1.92 bits per heavy atom. The average molecular weight is 334 g/mol. The number of piperidine rings is 1. The number of nitrogens with zero attached hydrogens (tertiary/aromatic N) is 3. The lowest BCUT2D eigenvalue weighted by atomic mass is 10.0. The molecule has 0 atom stereocenters. The summed E-state index contributed by atoms with van der Waals surface area (Å²) in [6, 6.07) is 14.6. The van der Waals surface area contributed by atoms with Crippen LogP contribution in [0.25, 0.3) is 6.08 Å². The first kappa shape index (κ1) is 17.2. The molecule has 1 N–H and O–H groups in total. The molecule has 0 spiro atoms. The van der Waals surface area contributed by atoms with Crippen LogP contribution in [0.5, 0.6) is 0 Å². The molecule has 0 saturated carbocycles. The number of rotatable bonds is 3. The van der Waals surface area contributed by atoms with E-state index in [9.17, 15) is 0 Å². The van der Waals surface area contributed by atoms with E-state index in [1.54, 1.807) is 0 Å². The number of guanidine groups is 1. The normalized spacial score (nSPS) is 15.2. The molecule has 3 rings (SSSR count). The van der Waals surface area contributed by atoms with Crippen molar-refractivity contribution in [3.05, 3.63) is 71.1 Å². The van der Waals surface area contributed by atoms with Crippen LogP contribution in [0.3, 0.4) is 0 Å². The number of hydrogen-bond acceptors (Lipinski definition) is 2. The first-order valence-corrected chi connectivity index (χ1v) is 8.87. The Bertz CT molecular complexity index is 740. The second-order valence-electron chi connectivity index (χ2n) is 6.37. The Morgan fingerprint density at radius 3 is 2.60 bits per heavy atom. The van der Waals surface area contributed by atoms with E-state index in [1.165, 1.54) is 16.7 Å². The summed E-state index contributed by atoms with van der Waals surface area (Å²) in [5.41, 5.74) is 5.08. The number of aryl methyl sites for hydroxylation is 1. The second kappa shape index (κ2) is 8.47. The Labute approximate surface area is 150 Å². The number of likely N-dealkylation sites (tertiary alicyclic amines) is 1. The van der Waals surface area contributed by atoms with E-state index in [0.29, 0.717) is 6.54 Å². The minimum Gasteiger partial charge on any atom is -0.351 e. The van der Waals surface area contributed by atoms with Gasteiger partial charge in [-0.1, -0.05) is 48.0 Å². The van der Waals surface area contributed by atoms with Crippen LogP contribution in [-0.4, -0.2) is 36.0 Å². The maximum Gasteiger partial charge on any atom is 0.193 e. The van der Waals surface area contributed by atoms with Gasteiger partial charge < -0.3 is 10.2 Å². The third kappa shape index (κ3) is 4.69. The lowest BCUT2D eigenvalue weighted by Gasteiger charge is -2.31. The van der Waals surface area contributed by atoms with E-state index in [0.717, 1.165) is 37.6 Å². The van der Waals surface area contributed by atoms with Gasteiger partial charge in [-0.05, 0) is 37.0 Å². The molecule has 1 aromatic carbocycles. The molecule has 1 aliphatic rings. The molecule has 0 aliphatic carbocycles. The Kier molecular flexibility index (Phi) is 5.83. The quantitative estimate of drug-likeness (QED) is 0.688. The number of pyridine rings is 1. The van der Waals surface area contributed by atoms with E-state index < -0.39 is 0 Å². The summed E-state index contributed by atoms with van der Waals surface area (Å²) >= 11 is 0. The van der Waals surface area contributed by atoms with Gasteiger partial charge in [-0.15, -0.1) is 0 Å². The summed E-state index contributed by atoms with van der Waals surface area (Å²) in [4.78, 5) is 11.2. The van der Waals surface area contributed by atoms with Crippen molar-refractivity contribution in [3.63, 3.8) is 0 Å². The van der Waals surface area contributed by atoms with Crippen LogP contribution in [0, 0.1) is 6.92 Å². The maximum absolute atomic E-state index is 4.45. The number of aromatic nitrogens is 1. The van der Waals surface area contributed by atoms with Crippen molar-refractivity contribution in [2.24, 2.45) is 4.99 Å². The molecule has 0 amide bonds. The molecule has 1 fully saturated rings. The molecule has 0 radical (unpaired) electrons. The monoisotopic (exact) mass is 334 g/mol. The van der Waals surface area contributed by atoms with Crippen molar-refractivity contribution in [2.45, 2.75) is 26.3 Å². The summed E-state index contributed by atoms with van der Waals surface area (Å²) in [5, 5.41) is 3.45. The first-order chi connectivity index (χ1) is 12.3. The summed E-state index contributed by atoms with van der Waals surface area (Å²) < 4.78 is 0. The zero-order valence-electron chi connectivity index (χ0n) is 15.1. The van der Waals surface area contributed by atoms with E-state index in [4.69, 9.17) is 0 Å². The highest BCUT2D eigenvalue weighted by molar-refractivity contribution is 5.80. The fraction of sp³-hybridized carbons (Fsp3) is 0.333. The van der Waals surface area contributed by atoms with Gasteiger partial charge in [-0.3, -0.25) is 9.98 Å². The number of hydrogen-bond donors (Lipinski definition) is 1. The topological polar surface area (TPSA) is 40.5 Å². The van der Waals surface area contributed by atoms with Gasteiger partial charge in [0.25, 0.3) is 0 Å². The maximum atomic E-state index is 4.45. The molecular weight excluding hydrogens is 308 g/mol. The Balaban J connectivity index is 1.56. The SMILES string of the molecule is CN=C(NCc1ncccc1C)N1CCC(=Cc2ccccc2)CC1. The summed E-state index contributed by atoms with van der Waals surface area (Å²) in [6.07, 6.45) is 6.33. The van der Waals surface area contributed by atoms with Crippen LogP contribution < -0.4 is 5.32 Å². The van der Waals surface area contributed by atoms with Crippen LogP contribution in [0.1, 0.15) is 29.7 Å². The lowest BCUT2D eigenvalue weighted by Crippen LogP contribution is -2.44. The molecular formula is C21H26N4. The number of benzene rings is 1. The minimum absolute atomic E-state index is 0.711. The van der Waals surface area contributed by atoms with Gasteiger partial charge in [0.1, 0.15) is 0 Å². The fourth-order valence-electron chi connectivity index (χ4n) is 3.13. The van der Waals surface area contributed by atoms with Gasteiger partial charge in [-0.2, -0.15) is 0 Å². The molecule has 1 aromatic heterocycles. The predicted molar refractivity (Wildman–Crippen MR) is 104 cm³/mol. The van der Waals surface area contributed by atoms with Crippen molar-refractivity contribution >= 4 is 12.0 Å². The minimum atomic E-state index is 0.711. The number of aliphatic imine (C=N–C) groups is 1. The van der Waals surface area contributed by atoms with Crippen molar-refractivity contribution in [1.82, 2.24) is 15.2 Å². The molecule has 0 bridgehead atoms. The van der Waals surface area contributed by atoms with Crippen LogP contribution >= 0.6 is 0 Å². The van der Waals surface area contributed by atoms with Crippen molar-refractivity contribution in [2.75, 3.05) is 20.1 Å². The molecule has 1 saturated heterocycles. The van der Waals surface area contributed by atoms with Gasteiger partial charge in [0.2, 0.25) is 0 Å². The van der Waals surface area contributed by atoms with Crippen LogP contribution in [-0.2, 0) is 6.54 Å². The molecule has 25 heavy (non-hydrogen) atoms. The van der Waals surface area contributed by atoms with E-state index in [-0.39, 0.29) is 0 Å². The zero-order valence-corrected chi connectivity index (χ0v) is 15.1. The van der Waals surface area contributed by atoms with Crippen molar-refractivity contribution in [1.29, 1.82) is 0 Å². The molecule has 0 unspecified atom stereocenters. The highest BCUT2D eigenvalue weighted by Crippen LogP contribution is 2.19. The van der Waals surface area contributed by atoms with Gasteiger partial charge >= 0.3 is 0 Å². The van der Waals surface area contributed by atoms with E-state index in [2.05, 4.69) is 69.6 Å². The zero-order chi connectivity index (χ0) is 17.5. The van der Waals surface area contributed by atoms with Crippen LogP contribution in [0.15, 0.2) is 59.2 Å². The fourth-order valence-corrected chi connectivity index (χ4v) is 3.13. The Hall–Kier alpha value is -2.62. The average Bonchev–Trinajstić information content (AvgIpc) is 2.66. The summed E-state index contributed by atoms with van der Waals surface area (Å²) in [6.45, 7) is 4.80. The molecule has 4 heteroatoms. The van der Waals surface area contributed by atoms with Crippen LogP contribution in [0.2, 0.25) is 0 Å². The third-order valence-corrected chi connectivity index (χ3v) is 4.62. The highest BCUT2D eigenvalue weighted by atomic mass is 15.3. The predicted octanol–water partition coefficient (Wildman–Crippen LogP) is 3.64. The standard InChI is InChI=1S/C21H26N4/c1-17-7-6-12-23-20(17)16-24-21(22-2)25-13-10-19(11-14-25)15-18-8-4-3-5-9-18/h3-9,12,15H,10-11,13-14,16H2,1-2H3,(H,22,24). The third-order valence-electron chi connectivity index (χ3n) is 4.62. The van der Waals surface area contributed by atoms with Gasteiger partial charge in [0, 0.05) is 26.3 Å². The molecule has 4 nitrogen and oxygen atoms in total. The number of nitrogens with one attached hydrogen (secondary N) is 1. The van der Waals surface area contributed by atoms with Gasteiger partial charge in [-0.25, -0.2) is 0 Å². The highest BCUT2D eigenvalue weighted by Gasteiger charge is 2.17. The Morgan fingerprint density at radius 1 is 1.16 bits per heavy atom. The summed E-state index contributed by atoms with van der Waals surface area (Å²) in [5.74, 6) is 0.962. The first-order valence-electron chi connectivity index (χ1n) is 8.87. The molecule has 2 heterocycles. The van der Waals surface area contributed by atoms with Gasteiger partial charge in [0.05, 0.1) is 12.2 Å².